The molecule has 1 aromatic carbocycles. The fourth-order valence-electron chi connectivity index (χ4n) is 2.81. The number of carboxylic acids is 1. The van der Waals surface area contributed by atoms with E-state index in [1.165, 1.54) is 12.1 Å². The van der Waals surface area contributed by atoms with Gasteiger partial charge < -0.3 is 20.1 Å². The molecule has 1 saturated heterocycles. The van der Waals surface area contributed by atoms with Crippen molar-refractivity contribution in [3.8, 4) is 0 Å². The number of hydrogen-bond acceptors (Lipinski definition) is 4. The number of likely N-dealkylation sites (tertiary alicyclic amines) is 1. The summed E-state index contributed by atoms with van der Waals surface area (Å²) < 4.78 is 43.7. The number of nitrogens with zero attached hydrogens (tertiary/aromatic N) is 1. The standard InChI is InChI=1S/C17H19F3N2O5/c1-2-27-15(25)11-5-3-10(4-6-11)7-21-16(26)22-8-12(14(23)24)13(9-22)17(18,19)20/h3-6,12-13H,2,7-9H2,1H3,(H,21,26)(H,23,24)/t12-,13-/m1/s1. The molecule has 0 radical (unpaired) electrons. The molecule has 1 aliphatic rings. The van der Waals surface area contributed by atoms with E-state index in [9.17, 15) is 27.6 Å². The minimum absolute atomic E-state index is 0.0207. The first-order valence-corrected chi connectivity index (χ1v) is 8.21. The van der Waals surface area contributed by atoms with Gasteiger partial charge in [-0.15, -0.1) is 0 Å². The fraction of sp³-hybridized carbons (Fsp3) is 0.471. The average molecular weight is 388 g/mol. The maximum absolute atomic E-state index is 13.0. The number of amides is 2. The molecule has 1 fully saturated rings. The Labute approximate surface area is 153 Å². The zero-order valence-corrected chi connectivity index (χ0v) is 14.5. The Morgan fingerprint density at radius 1 is 1.22 bits per heavy atom. The van der Waals surface area contributed by atoms with E-state index in [0.29, 0.717) is 11.1 Å². The van der Waals surface area contributed by atoms with Crippen LogP contribution < -0.4 is 5.32 Å². The largest absolute Gasteiger partial charge is 0.481 e. The van der Waals surface area contributed by atoms with Crippen LogP contribution in [0.2, 0.25) is 0 Å². The van der Waals surface area contributed by atoms with Crippen LogP contribution in [0.4, 0.5) is 18.0 Å². The highest BCUT2D eigenvalue weighted by atomic mass is 19.4. The molecule has 0 aliphatic carbocycles. The number of ether oxygens (including phenoxy) is 1. The number of carboxylic acid groups (broad SMARTS) is 1. The average Bonchev–Trinajstić information content (AvgIpc) is 3.06. The van der Waals surface area contributed by atoms with Gasteiger partial charge in [-0.05, 0) is 24.6 Å². The number of nitrogens with one attached hydrogen (secondary N) is 1. The molecule has 1 aliphatic heterocycles. The minimum atomic E-state index is -4.69. The number of rotatable bonds is 5. The third-order valence-corrected chi connectivity index (χ3v) is 4.25. The summed E-state index contributed by atoms with van der Waals surface area (Å²) in [5, 5.41) is 11.4. The minimum Gasteiger partial charge on any atom is -0.481 e. The van der Waals surface area contributed by atoms with Crippen LogP contribution in [0.5, 0.6) is 0 Å². The van der Waals surface area contributed by atoms with Crippen LogP contribution in [0, 0.1) is 11.8 Å². The highest BCUT2D eigenvalue weighted by Crippen LogP contribution is 2.37. The van der Waals surface area contributed by atoms with E-state index in [0.717, 1.165) is 4.90 Å². The lowest BCUT2D eigenvalue weighted by atomic mass is 9.96. The summed E-state index contributed by atoms with van der Waals surface area (Å²) in [5.41, 5.74) is 0.960. The van der Waals surface area contributed by atoms with Gasteiger partial charge in [-0.25, -0.2) is 9.59 Å². The SMILES string of the molecule is CCOC(=O)c1ccc(CNC(=O)N2C[C@@H](C(F)(F)F)[C@H](C(=O)O)C2)cc1. The van der Waals surface area contributed by atoms with E-state index in [1.807, 2.05) is 0 Å². The third kappa shape index (κ3) is 5.11. The molecule has 1 heterocycles. The van der Waals surface area contributed by atoms with E-state index >= 15 is 0 Å². The number of alkyl halides is 3. The van der Waals surface area contributed by atoms with Crippen LogP contribution in [0.15, 0.2) is 24.3 Å². The highest BCUT2D eigenvalue weighted by molar-refractivity contribution is 5.89. The first kappa shape index (κ1) is 20.5. The topological polar surface area (TPSA) is 95.9 Å². The molecule has 148 valence electrons. The van der Waals surface area contributed by atoms with Gasteiger partial charge in [-0.1, -0.05) is 12.1 Å². The van der Waals surface area contributed by atoms with E-state index in [4.69, 9.17) is 9.84 Å². The van der Waals surface area contributed by atoms with Crippen LogP contribution in [0.25, 0.3) is 0 Å². The Balaban J connectivity index is 1.94. The second kappa shape index (κ2) is 8.28. The lowest BCUT2D eigenvalue weighted by molar-refractivity contribution is -0.187. The van der Waals surface area contributed by atoms with Crippen LogP contribution >= 0.6 is 0 Å². The van der Waals surface area contributed by atoms with Gasteiger partial charge in [-0.2, -0.15) is 13.2 Å². The Morgan fingerprint density at radius 3 is 2.33 bits per heavy atom. The molecule has 2 N–H and O–H groups in total. The van der Waals surface area contributed by atoms with E-state index in [1.54, 1.807) is 19.1 Å². The fourth-order valence-corrected chi connectivity index (χ4v) is 2.81. The molecule has 27 heavy (non-hydrogen) atoms. The normalized spacial score (nSPS) is 19.6. The molecule has 0 unspecified atom stereocenters. The first-order chi connectivity index (χ1) is 12.6. The first-order valence-electron chi connectivity index (χ1n) is 8.21. The number of benzene rings is 1. The smallest absolute Gasteiger partial charge is 0.394 e. The zero-order valence-electron chi connectivity index (χ0n) is 14.5. The molecule has 0 spiro atoms. The van der Waals surface area contributed by atoms with E-state index in [2.05, 4.69) is 5.32 Å². The van der Waals surface area contributed by atoms with Crippen LogP contribution in [0.1, 0.15) is 22.8 Å². The highest BCUT2D eigenvalue weighted by Gasteiger charge is 2.53. The third-order valence-electron chi connectivity index (χ3n) is 4.25. The molecular weight excluding hydrogens is 369 g/mol. The van der Waals surface area contributed by atoms with Crippen molar-refractivity contribution in [3.05, 3.63) is 35.4 Å². The van der Waals surface area contributed by atoms with Gasteiger partial charge in [0.1, 0.15) is 0 Å². The van der Waals surface area contributed by atoms with Crippen molar-refractivity contribution in [1.82, 2.24) is 10.2 Å². The number of carbonyl (C=O) groups excluding carboxylic acids is 2. The predicted molar refractivity (Wildman–Crippen MR) is 86.9 cm³/mol. The number of halogens is 3. The Morgan fingerprint density at radius 2 is 1.85 bits per heavy atom. The van der Waals surface area contributed by atoms with Crippen molar-refractivity contribution >= 4 is 18.0 Å². The second-order valence-corrected chi connectivity index (χ2v) is 6.07. The van der Waals surface area contributed by atoms with Gasteiger partial charge in [0.2, 0.25) is 0 Å². The van der Waals surface area contributed by atoms with Gasteiger partial charge in [0.15, 0.2) is 0 Å². The molecule has 0 bridgehead atoms. The van der Waals surface area contributed by atoms with Crippen LogP contribution in [-0.4, -0.2) is 53.8 Å². The maximum atomic E-state index is 13.0. The molecule has 2 amide bonds. The van der Waals surface area contributed by atoms with Crippen LogP contribution in [-0.2, 0) is 16.1 Å². The predicted octanol–water partition coefficient (Wildman–Crippen LogP) is 2.27. The Hall–Kier alpha value is -2.78. The van der Waals surface area contributed by atoms with Crippen molar-refractivity contribution < 1.29 is 37.4 Å². The number of carbonyl (C=O) groups is 3. The van der Waals surface area contributed by atoms with Gasteiger partial charge in [0, 0.05) is 19.6 Å². The molecule has 7 nitrogen and oxygen atoms in total. The van der Waals surface area contributed by atoms with Crippen molar-refractivity contribution in [3.63, 3.8) is 0 Å². The Bertz CT molecular complexity index is 706. The molecule has 0 aromatic heterocycles. The second-order valence-electron chi connectivity index (χ2n) is 6.07. The molecule has 0 saturated carbocycles. The summed E-state index contributed by atoms with van der Waals surface area (Å²) in [4.78, 5) is 35.5. The lowest BCUT2D eigenvalue weighted by Crippen LogP contribution is -2.39. The number of aliphatic carboxylic acids is 1. The number of urea groups is 1. The van der Waals surface area contributed by atoms with Crippen molar-refractivity contribution in [2.75, 3.05) is 19.7 Å². The van der Waals surface area contributed by atoms with Gasteiger partial charge in [0.05, 0.1) is 24.0 Å². The summed E-state index contributed by atoms with van der Waals surface area (Å²) in [7, 11) is 0. The molecular formula is C17H19F3N2O5. The maximum Gasteiger partial charge on any atom is 0.394 e. The summed E-state index contributed by atoms with van der Waals surface area (Å²) in [6, 6.07) is 5.40. The van der Waals surface area contributed by atoms with Crippen molar-refractivity contribution in [2.45, 2.75) is 19.6 Å². The summed E-state index contributed by atoms with van der Waals surface area (Å²) in [6.45, 7) is 0.731. The van der Waals surface area contributed by atoms with Gasteiger partial charge in [0.25, 0.3) is 0 Å². The van der Waals surface area contributed by atoms with E-state index < -0.39 is 49.1 Å². The zero-order chi connectivity index (χ0) is 20.2. The molecule has 10 heteroatoms. The number of esters is 1. The summed E-state index contributed by atoms with van der Waals surface area (Å²) in [5.74, 6) is -5.84. The van der Waals surface area contributed by atoms with E-state index in [-0.39, 0.29) is 13.2 Å². The van der Waals surface area contributed by atoms with Gasteiger partial charge >= 0.3 is 24.1 Å². The van der Waals surface area contributed by atoms with Gasteiger partial charge in [-0.3, -0.25) is 4.79 Å². The van der Waals surface area contributed by atoms with Crippen LogP contribution in [0.3, 0.4) is 0 Å². The molecule has 2 rings (SSSR count). The van der Waals surface area contributed by atoms with Crippen molar-refractivity contribution in [2.24, 2.45) is 11.8 Å². The monoisotopic (exact) mass is 388 g/mol. The lowest BCUT2D eigenvalue weighted by Gasteiger charge is -2.18. The molecule has 2 atom stereocenters. The Kier molecular flexibility index (Phi) is 6.29. The summed E-state index contributed by atoms with van der Waals surface area (Å²) >= 11 is 0. The summed E-state index contributed by atoms with van der Waals surface area (Å²) in [6.07, 6.45) is -4.69. The number of hydrogen-bond donors (Lipinski definition) is 2. The molecule has 1 aromatic rings. The quantitative estimate of drug-likeness (QED) is 0.755. The van der Waals surface area contributed by atoms with Crippen molar-refractivity contribution in [1.29, 1.82) is 0 Å².